The molecule has 0 spiro atoms. The molecule has 5 nitrogen and oxygen atoms in total. The van der Waals surface area contributed by atoms with Gasteiger partial charge in [-0.1, -0.05) is 6.07 Å². The van der Waals surface area contributed by atoms with Gasteiger partial charge in [-0.25, -0.2) is 13.6 Å². The number of nitrogens with one attached hydrogen (secondary N) is 1. The maximum Gasteiger partial charge on any atom is 0.337 e. The number of amides is 1. The minimum Gasteiger partial charge on any atom is -0.481 e. The topological polar surface area (TPSA) is 64.6 Å². The molecular formula is C17H15F2NO4. The number of esters is 1. The molecule has 0 bridgehead atoms. The van der Waals surface area contributed by atoms with Gasteiger partial charge in [0.15, 0.2) is 6.10 Å². The Morgan fingerprint density at radius 1 is 1.12 bits per heavy atom. The number of rotatable bonds is 5. The number of methoxy groups -OCH3 is 1. The minimum atomic E-state index is -0.970. The van der Waals surface area contributed by atoms with Crippen LogP contribution in [0.5, 0.6) is 5.75 Å². The lowest BCUT2D eigenvalue weighted by Crippen LogP contribution is -2.30. The zero-order valence-electron chi connectivity index (χ0n) is 13.0. The highest BCUT2D eigenvalue weighted by molar-refractivity contribution is 5.94. The molecule has 1 amide bonds. The summed E-state index contributed by atoms with van der Waals surface area (Å²) in [4.78, 5) is 23.5. The predicted molar refractivity (Wildman–Crippen MR) is 82.9 cm³/mol. The summed E-state index contributed by atoms with van der Waals surface area (Å²) in [6.07, 6.45) is -0.970. The Kier molecular flexibility index (Phi) is 5.47. The first-order chi connectivity index (χ1) is 11.4. The molecule has 2 aromatic rings. The van der Waals surface area contributed by atoms with Gasteiger partial charge < -0.3 is 14.8 Å². The van der Waals surface area contributed by atoms with Gasteiger partial charge in [0.05, 0.1) is 18.4 Å². The van der Waals surface area contributed by atoms with Crippen molar-refractivity contribution in [3.05, 3.63) is 59.7 Å². The molecule has 0 aliphatic heterocycles. The fraction of sp³-hybridized carbons (Fsp3) is 0.176. The molecule has 7 heteroatoms. The second-order valence-corrected chi connectivity index (χ2v) is 4.89. The van der Waals surface area contributed by atoms with Gasteiger partial charge in [-0.3, -0.25) is 4.79 Å². The van der Waals surface area contributed by atoms with Crippen molar-refractivity contribution in [3.8, 4) is 5.75 Å². The Morgan fingerprint density at radius 3 is 2.54 bits per heavy atom. The summed E-state index contributed by atoms with van der Waals surface area (Å²) in [6.45, 7) is 1.46. The number of anilines is 1. The third-order valence-corrected chi connectivity index (χ3v) is 3.13. The van der Waals surface area contributed by atoms with Crippen molar-refractivity contribution >= 4 is 17.6 Å². The van der Waals surface area contributed by atoms with E-state index in [1.54, 1.807) is 12.1 Å². The van der Waals surface area contributed by atoms with E-state index in [0.29, 0.717) is 6.07 Å². The van der Waals surface area contributed by atoms with Gasteiger partial charge in [0, 0.05) is 6.07 Å². The quantitative estimate of drug-likeness (QED) is 0.853. The maximum atomic E-state index is 13.5. The number of carbonyl (C=O) groups excluding carboxylic acids is 2. The van der Waals surface area contributed by atoms with Crippen LogP contribution in [0.15, 0.2) is 42.5 Å². The molecule has 0 unspecified atom stereocenters. The number of hydrogen-bond acceptors (Lipinski definition) is 4. The van der Waals surface area contributed by atoms with E-state index in [1.165, 1.54) is 26.2 Å². The third kappa shape index (κ3) is 4.28. The fourth-order valence-corrected chi connectivity index (χ4v) is 1.90. The second kappa shape index (κ2) is 7.54. The van der Waals surface area contributed by atoms with Crippen molar-refractivity contribution in [2.75, 3.05) is 12.4 Å². The number of halogens is 2. The molecule has 0 aliphatic rings. The Morgan fingerprint density at radius 2 is 1.88 bits per heavy atom. The molecule has 0 fully saturated rings. The van der Waals surface area contributed by atoms with Gasteiger partial charge in [-0.2, -0.15) is 0 Å². The largest absolute Gasteiger partial charge is 0.481 e. The summed E-state index contributed by atoms with van der Waals surface area (Å²) in [5, 5.41) is 2.31. The third-order valence-electron chi connectivity index (χ3n) is 3.13. The van der Waals surface area contributed by atoms with Crippen LogP contribution in [0.3, 0.4) is 0 Å². The average molecular weight is 335 g/mol. The summed E-state index contributed by atoms with van der Waals surface area (Å²) in [5.41, 5.74) is 0.118. The smallest absolute Gasteiger partial charge is 0.337 e. The molecule has 1 N–H and O–H groups in total. The molecular weight excluding hydrogens is 320 g/mol. The molecule has 2 rings (SSSR count). The van der Waals surface area contributed by atoms with Gasteiger partial charge in [-0.15, -0.1) is 0 Å². The van der Waals surface area contributed by atoms with E-state index in [-0.39, 0.29) is 17.0 Å². The molecule has 0 saturated carbocycles. The molecule has 126 valence electrons. The van der Waals surface area contributed by atoms with Crippen LogP contribution in [0.25, 0.3) is 0 Å². The fourth-order valence-electron chi connectivity index (χ4n) is 1.90. The lowest BCUT2D eigenvalue weighted by Gasteiger charge is -2.15. The van der Waals surface area contributed by atoms with E-state index in [1.807, 2.05) is 0 Å². The van der Waals surface area contributed by atoms with Crippen LogP contribution in [0, 0.1) is 11.6 Å². The number of ether oxygens (including phenoxy) is 2. The van der Waals surface area contributed by atoms with E-state index >= 15 is 0 Å². The summed E-state index contributed by atoms with van der Waals surface area (Å²) < 4.78 is 36.4. The van der Waals surface area contributed by atoms with Gasteiger partial charge in [0.2, 0.25) is 0 Å². The van der Waals surface area contributed by atoms with E-state index in [2.05, 4.69) is 10.1 Å². The minimum absolute atomic E-state index is 0.153. The Bertz CT molecular complexity index is 764. The van der Waals surface area contributed by atoms with Crippen molar-refractivity contribution in [2.45, 2.75) is 13.0 Å². The molecule has 0 heterocycles. The monoisotopic (exact) mass is 335 g/mol. The molecule has 0 radical (unpaired) electrons. The van der Waals surface area contributed by atoms with Gasteiger partial charge in [0.25, 0.3) is 5.91 Å². The van der Waals surface area contributed by atoms with Crippen molar-refractivity contribution in [1.82, 2.24) is 0 Å². The van der Waals surface area contributed by atoms with Crippen molar-refractivity contribution in [3.63, 3.8) is 0 Å². The zero-order chi connectivity index (χ0) is 17.7. The van der Waals surface area contributed by atoms with E-state index in [9.17, 15) is 18.4 Å². The van der Waals surface area contributed by atoms with Crippen LogP contribution < -0.4 is 10.1 Å². The molecule has 0 aromatic heterocycles. The molecule has 24 heavy (non-hydrogen) atoms. The van der Waals surface area contributed by atoms with E-state index < -0.39 is 29.6 Å². The first kappa shape index (κ1) is 17.4. The standard InChI is InChI=1S/C17H15F2NO4/c1-10(16(21)20-15-7-6-12(18)9-14(15)19)24-13-5-3-4-11(8-13)17(22)23-2/h3-10H,1-2H3,(H,20,21)/t10-/m1/s1. The normalized spacial score (nSPS) is 11.5. The predicted octanol–water partition coefficient (Wildman–Crippen LogP) is 3.16. The van der Waals surface area contributed by atoms with Crippen LogP contribution in [0.4, 0.5) is 14.5 Å². The van der Waals surface area contributed by atoms with Crippen molar-refractivity contribution < 1.29 is 27.8 Å². The van der Waals surface area contributed by atoms with Crippen LogP contribution in [0.1, 0.15) is 17.3 Å². The number of carbonyl (C=O) groups is 2. The summed E-state index contributed by atoms with van der Waals surface area (Å²) in [6, 6.07) is 8.92. The Hall–Kier alpha value is -2.96. The molecule has 2 aromatic carbocycles. The summed E-state index contributed by atoms with van der Waals surface area (Å²) >= 11 is 0. The first-order valence-electron chi connectivity index (χ1n) is 7.01. The number of benzene rings is 2. The van der Waals surface area contributed by atoms with E-state index in [0.717, 1.165) is 12.1 Å². The highest BCUT2D eigenvalue weighted by Crippen LogP contribution is 2.18. The first-order valence-corrected chi connectivity index (χ1v) is 7.01. The SMILES string of the molecule is COC(=O)c1cccc(O[C@H](C)C(=O)Nc2ccc(F)cc2F)c1. The zero-order valence-corrected chi connectivity index (χ0v) is 13.0. The lowest BCUT2D eigenvalue weighted by atomic mass is 10.2. The molecule has 1 atom stereocenters. The Balaban J connectivity index is 2.05. The van der Waals surface area contributed by atoms with Gasteiger partial charge >= 0.3 is 5.97 Å². The average Bonchev–Trinajstić information content (AvgIpc) is 2.56. The summed E-state index contributed by atoms with van der Waals surface area (Å²) in [5.74, 6) is -2.51. The van der Waals surface area contributed by atoms with Crippen LogP contribution in [-0.4, -0.2) is 25.1 Å². The van der Waals surface area contributed by atoms with Gasteiger partial charge in [0.1, 0.15) is 17.4 Å². The van der Waals surface area contributed by atoms with Crippen LogP contribution >= 0.6 is 0 Å². The second-order valence-electron chi connectivity index (χ2n) is 4.89. The van der Waals surface area contributed by atoms with Crippen molar-refractivity contribution in [1.29, 1.82) is 0 Å². The highest BCUT2D eigenvalue weighted by Gasteiger charge is 2.17. The van der Waals surface area contributed by atoms with Crippen molar-refractivity contribution in [2.24, 2.45) is 0 Å². The highest BCUT2D eigenvalue weighted by atomic mass is 19.1. The maximum absolute atomic E-state index is 13.5. The summed E-state index contributed by atoms with van der Waals surface area (Å²) in [7, 11) is 1.25. The molecule has 0 saturated heterocycles. The van der Waals surface area contributed by atoms with Crippen LogP contribution in [0.2, 0.25) is 0 Å². The lowest BCUT2D eigenvalue weighted by molar-refractivity contribution is -0.122. The van der Waals surface area contributed by atoms with Crippen LogP contribution in [-0.2, 0) is 9.53 Å². The molecule has 0 aliphatic carbocycles. The Labute approximate surface area is 137 Å². The number of hydrogen-bond donors (Lipinski definition) is 1. The van der Waals surface area contributed by atoms with E-state index in [4.69, 9.17) is 4.74 Å². The van der Waals surface area contributed by atoms with Gasteiger partial charge in [-0.05, 0) is 37.3 Å².